The van der Waals surface area contributed by atoms with Crippen LogP contribution in [0.15, 0.2) is 35.5 Å². The number of hydrogen-bond donors (Lipinski definition) is 0. The van der Waals surface area contributed by atoms with Gasteiger partial charge in [-0.15, -0.1) is 0 Å². The fraction of sp³-hybridized carbons (Fsp3) is 0.455. The fourth-order valence-electron chi connectivity index (χ4n) is 1.49. The van der Waals surface area contributed by atoms with Gasteiger partial charge in [0.25, 0.3) is 0 Å². The molecule has 0 amide bonds. The molecule has 12 heavy (non-hydrogen) atoms. The minimum atomic E-state index is 1.09. The molecule has 1 aliphatic rings. The quantitative estimate of drug-likeness (QED) is 0.573. The second-order valence-corrected chi connectivity index (χ2v) is 3.20. The van der Waals surface area contributed by atoms with Crippen molar-refractivity contribution in [1.29, 1.82) is 0 Å². The highest BCUT2D eigenvalue weighted by Crippen LogP contribution is 2.19. The molecule has 0 aromatic rings. The van der Waals surface area contributed by atoms with Gasteiger partial charge in [0.2, 0.25) is 0 Å². The van der Waals surface area contributed by atoms with Gasteiger partial charge >= 0.3 is 0 Å². The van der Waals surface area contributed by atoms with Crippen LogP contribution in [0.1, 0.15) is 13.8 Å². The third-order valence-corrected chi connectivity index (χ3v) is 2.13. The Bertz CT molecular complexity index is 233. The number of hydrogen-bond acceptors (Lipinski definition) is 1. The third kappa shape index (κ3) is 2.08. The maximum Gasteiger partial charge on any atom is 0.0237 e. The SMILES string of the molecule is C\C=C/C=C1/CN(C)C/C1=C/C. The summed E-state index contributed by atoms with van der Waals surface area (Å²) in [5.41, 5.74) is 2.92. The van der Waals surface area contributed by atoms with Crippen molar-refractivity contribution in [3.05, 3.63) is 35.5 Å². The molecule has 0 N–H and O–H groups in total. The van der Waals surface area contributed by atoms with E-state index in [0.717, 1.165) is 13.1 Å². The molecule has 1 heterocycles. The van der Waals surface area contributed by atoms with Crippen molar-refractivity contribution >= 4 is 0 Å². The smallest absolute Gasteiger partial charge is 0.0237 e. The van der Waals surface area contributed by atoms with Crippen LogP contribution in [0, 0.1) is 0 Å². The maximum atomic E-state index is 2.32. The van der Waals surface area contributed by atoms with Crippen molar-refractivity contribution in [3.8, 4) is 0 Å². The average Bonchev–Trinajstić information content (AvgIpc) is 2.42. The summed E-state index contributed by atoms with van der Waals surface area (Å²) in [7, 11) is 2.15. The summed E-state index contributed by atoms with van der Waals surface area (Å²) in [6.45, 7) is 6.34. The molecule has 0 aromatic carbocycles. The van der Waals surface area contributed by atoms with E-state index in [0.29, 0.717) is 0 Å². The molecule has 0 aromatic heterocycles. The maximum absolute atomic E-state index is 2.32. The number of allylic oxidation sites excluding steroid dienone is 4. The first-order valence-corrected chi connectivity index (χ1v) is 4.44. The van der Waals surface area contributed by atoms with Crippen LogP contribution in [0.3, 0.4) is 0 Å². The van der Waals surface area contributed by atoms with Gasteiger partial charge in [-0.05, 0) is 32.0 Å². The molecule has 0 bridgehead atoms. The molecule has 1 saturated heterocycles. The zero-order chi connectivity index (χ0) is 8.97. The zero-order valence-electron chi connectivity index (χ0n) is 8.17. The molecule has 1 heteroatoms. The molecule has 0 spiro atoms. The van der Waals surface area contributed by atoms with Gasteiger partial charge < -0.3 is 0 Å². The first kappa shape index (κ1) is 9.27. The number of nitrogens with zero attached hydrogens (tertiary/aromatic N) is 1. The summed E-state index contributed by atoms with van der Waals surface area (Å²) in [6.07, 6.45) is 8.59. The molecule has 66 valence electrons. The molecule has 0 aliphatic carbocycles. The van der Waals surface area contributed by atoms with E-state index in [4.69, 9.17) is 0 Å². The highest BCUT2D eigenvalue weighted by Gasteiger charge is 2.16. The first-order chi connectivity index (χ1) is 5.77. The van der Waals surface area contributed by atoms with Crippen molar-refractivity contribution in [1.82, 2.24) is 4.90 Å². The normalized spacial score (nSPS) is 26.6. The highest BCUT2D eigenvalue weighted by molar-refractivity contribution is 5.39. The topological polar surface area (TPSA) is 3.24 Å². The van der Waals surface area contributed by atoms with E-state index in [9.17, 15) is 0 Å². The highest BCUT2D eigenvalue weighted by atomic mass is 15.1. The molecule has 0 atom stereocenters. The van der Waals surface area contributed by atoms with Crippen molar-refractivity contribution in [2.24, 2.45) is 0 Å². The van der Waals surface area contributed by atoms with Crippen molar-refractivity contribution in [2.45, 2.75) is 13.8 Å². The third-order valence-electron chi connectivity index (χ3n) is 2.13. The van der Waals surface area contributed by atoms with E-state index >= 15 is 0 Å². The van der Waals surface area contributed by atoms with Gasteiger partial charge in [0.15, 0.2) is 0 Å². The first-order valence-electron chi connectivity index (χ1n) is 4.44. The van der Waals surface area contributed by atoms with E-state index < -0.39 is 0 Å². The molecule has 0 saturated carbocycles. The predicted molar refractivity (Wildman–Crippen MR) is 54.2 cm³/mol. The van der Waals surface area contributed by atoms with Crippen LogP contribution in [-0.4, -0.2) is 25.0 Å². The van der Waals surface area contributed by atoms with E-state index in [1.165, 1.54) is 11.1 Å². The molecule has 1 fully saturated rings. The molecular formula is C11H17N. The Morgan fingerprint density at radius 3 is 2.42 bits per heavy atom. The van der Waals surface area contributed by atoms with Crippen LogP contribution in [0.4, 0.5) is 0 Å². The summed E-state index contributed by atoms with van der Waals surface area (Å²) < 4.78 is 0. The lowest BCUT2D eigenvalue weighted by Crippen LogP contribution is -2.11. The average molecular weight is 163 g/mol. The van der Waals surface area contributed by atoms with Crippen LogP contribution in [0.5, 0.6) is 0 Å². The van der Waals surface area contributed by atoms with Gasteiger partial charge in [0.05, 0.1) is 0 Å². The van der Waals surface area contributed by atoms with E-state index in [-0.39, 0.29) is 0 Å². The summed E-state index contributed by atoms with van der Waals surface area (Å²) in [5, 5.41) is 0. The van der Waals surface area contributed by atoms with Gasteiger partial charge in [0.1, 0.15) is 0 Å². The van der Waals surface area contributed by atoms with Crippen LogP contribution in [0.25, 0.3) is 0 Å². The monoisotopic (exact) mass is 163 g/mol. The largest absolute Gasteiger partial charge is 0.298 e. The minimum absolute atomic E-state index is 1.09. The zero-order valence-corrected chi connectivity index (χ0v) is 8.17. The molecule has 1 aliphatic heterocycles. The Morgan fingerprint density at radius 2 is 1.83 bits per heavy atom. The molecule has 0 radical (unpaired) electrons. The van der Waals surface area contributed by atoms with Crippen molar-refractivity contribution in [3.63, 3.8) is 0 Å². The minimum Gasteiger partial charge on any atom is -0.298 e. The van der Waals surface area contributed by atoms with E-state index in [1.807, 2.05) is 6.92 Å². The van der Waals surface area contributed by atoms with Gasteiger partial charge in [0, 0.05) is 13.1 Å². The summed E-state index contributed by atoms with van der Waals surface area (Å²) in [5.74, 6) is 0. The van der Waals surface area contributed by atoms with Crippen LogP contribution >= 0.6 is 0 Å². The molecule has 1 rings (SSSR count). The molecule has 1 nitrogen and oxygen atoms in total. The fourth-order valence-corrected chi connectivity index (χ4v) is 1.49. The molecule has 0 unspecified atom stereocenters. The number of rotatable bonds is 1. The van der Waals surface area contributed by atoms with Gasteiger partial charge in [-0.1, -0.05) is 24.3 Å². The Morgan fingerprint density at radius 1 is 1.17 bits per heavy atom. The second-order valence-electron chi connectivity index (χ2n) is 3.20. The Balaban J connectivity index is 2.77. The van der Waals surface area contributed by atoms with E-state index in [2.05, 4.69) is 43.2 Å². The second kappa shape index (κ2) is 4.27. The van der Waals surface area contributed by atoms with E-state index in [1.54, 1.807) is 0 Å². The van der Waals surface area contributed by atoms with Crippen LogP contribution in [0.2, 0.25) is 0 Å². The Kier molecular flexibility index (Phi) is 3.30. The number of likely N-dealkylation sites (tertiary alicyclic amines) is 1. The summed E-state index contributed by atoms with van der Waals surface area (Å²) >= 11 is 0. The lowest BCUT2D eigenvalue weighted by molar-refractivity contribution is 0.437. The van der Waals surface area contributed by atoms with Gasteiger partial charge in [-0.3, -0.25) is 4.90 Å². The van der Waals surface area contributed by atoms with Crippen molar-refractivity contribution < 1.29 is 0 Å². The summed E-state index contributed by atoms with van der Waals surface area (Å²) in [6, 6.07) is 0. The Labute approximate surface area is 75.1 Å². The lowest BCUT2D eigenvalue weighted by atomic mass is 10.1. The van der Waals surface area contributed by atoms with Gasteiger partial charge in [-0.2, -0.15) is 0 Å². The van der Waals surface area contributed by atoms with Gasteiger partial charge in [-0.25, -0.2) is 0 Å². The molecular weight excluding hydrogens is 146 g/mol. The van der Waals surface area contributed by atoms with Crippen molar-refractivity contribution in [2.75, 3.05) is 20.1 Å². The summed E-state index contributed by atoms with van der Waals surface area (Å²) in [4.78, 5) is 2.32. The number of likely N-dealkylation sites (N-methyl/N-ethyl adjacent to an activating group) is 1. The lowest BCUT2D eigenvalue weighted by Gasteiger charge is -2.01. The van der Waals surface area contributed by atoms with Crippen LogP contribution < -0.4 is 0 Å². The predicted octanol–water partition coefficient (Wildman–Crippen LogP) is 2.38. The van der Waals surface area contributed by atoms with Crippen LogP contribution in [-0.2, 0) is 0 Å². The Hall–Kier alpha value is -0.820. The standard InChI is InChI=1S/C11H17N/c1-4-6-7-11-9-12(3)8-10(11)5-2/h4-7H,8-9H2,1-3H3/b6-4-,10-5-,11-7-.